The van der Waals surface area contributed by atoms with Crippen molar-refractivity contribution in [2.75, 3.05) is 25.0 Å². The molecule has 0 bridgehead atoms. The van der Waals surface area contributed by atoms with Gasteiger partial charge in [-0.15, -0.1) is 0 Å². The lowest BCUT2D eigenvalue weighted by molar-refractivity contribution is -0.134. The summed E-state index contributed by atoms with van der Waals surface area (Å²) < 4.78 is 0. The topological polar surface area (TPSA) is 101 Å². The summed E-state index contributed by atoms with van der Waals surface area (Å²) in [5.41, 5.74) is 6.22. The highest BCUT2D eigenvalue weighted by atomic mass is 16.2. The quantitative estimate of drug-likeness (QED) is 0.776. The average molecular weight is 341 g/mol. The number of hydrogen-bond acceptors (Lipinski definition) is 5. The van der Waals surface area contributed by atoms with E-state index >= 15 is 0 Å². The predicted molar refractivity (Wildman–Crippen MR) is 95.8 cm³/mol. The Morgan fingerprint density at radius 1 is 1.20 bits per heavy atom. The van der Waals surface area contributed by atoms with E-state index in [-0.39, 0.29) is 17.7 Å². The van der Waals surface area contributed by atoms with Crippen LogP contribution < -0.4 is 11.1 Å². The van der Waals surface area contributed by atoms with Crippen molar-refractivity contribution in [2.45, 2.75) is 25.7 Å². The maximum atomic E-state index is 12.3. The summed E-state index contributed by atoms with van der Waals surface area (Å²) in [6.07, 6.45) is 4.10. The number of para-hydroxylation sites is 1. The molecule has 1 aromatic carbocycles. The van der Waals surface area contributed by atoms with Gasteiger partial charge in [-0.2, -0.15) is 0 Å². The highest BCUT2D eigenvalue weighted by molar-refractivity contribution is 5.88. The first-order valence-corrected chi connectivity index (χ1v) is 8.66. The highest BCUT2D eigenvalue weighted by Crippen LogP contribution is 2.19. The van der Waals surface area contributed by atoms with E-state index in [9.17, 15) is 9.59 Å². The molecule has 25 heavy (non-hydrogen) atoms. The normalized spacial score (nSPS) is 15.3. The summed E-state index contributed by atoms with van der Waals surface area (Å²) >= 11 is 0. The van der Waals surface area contributed by atoms with Gasteiger partial charge in [0, 0.05) is 37.4 Å². The van der Waals surface area contributed by atoms with Gasteiger partial charge >= 0.3 is 0 Å². The number of rotatable bonds is 6. The number of benzene rings is 1. The molecule has 1 saturated heterocycles. The maximum Gasteiger partial charge on any atom is 0.222 e. The van der Waals surface area contributed by atoms with Crippen molar-refractivity contribution in [3.63, 3.8) is 0 Å². The van der Waals surface area contributed by atoms with Gasteiger partial charge < -0.3 is 16.0 Å². The molecule has 1 fully saturated rings. The molecule has 7 heteroatoms. The maximum absolute atomic E-state index is 12.3. The summed E-state index contributed by atoms with van der Waals surface area (Å²) in [5, 5.41) is 4.26. The second-order valence-electron chi connectivity index (χ2n) is 6.33. The first-order chi connectivity index (χ1) is 12.1. The number of carbonyl (C=O) groups excluding carboxylic acids is 2. The molecule has 0 saturated carbocycles. The van der Waals surface area contributed by atoms with Crippen LogP contribution in [0.4, 0.5) is 5.82 Å². The number of hydrogen-bond donors (Lipinski definition) is 2. The Morgan fingerprint density at radius 3 is 2.72 bits per heavy atom. The van der Waals surface area contributed by atoms with Gasteiger partial charge in [0.2, 0.25) is 11.8 Å². The molecular formula is C18H23N5O2. The average Bonchev–Trinajstić information content (AvgIpc) is 2.65. The van der Waals surface area contributed by atoms with Crippen LogP contribution in [0.5, 0.6) is 0 Å². The molecule has 0 atom stereocenters. The number of fused-ring (bicyclic) bond motifs is 1. The van der Waals surface area contributed by atoms with Crippen molar-refractivity contribution in [1.29, 1.82) is 0 Å². The summed E-state index contributed by atoms with van der Waals surface area (Å²) in [6.45, 7) is 1.91. The third kappa shape index (κ3) is 4.23. The van der Waals surface area contributed by atoms with E-state index in [1.165, 1.54) is 0 Å². The number of aromatic nitrogens is 2. The zero-order valence-corrected chi connectivity index (χ0v) is 14.1. The van der Waals surface area contributed by atoms with E-state index < -0.39 is 0 Å². The van der Waals surface area contributed by atoms with Gasteiger partial charge in [-0.3, -0.25) is 9.59 Å². The van der Waals surface area contributed by atoms with Gasteiger partial charge in [0.05, 0.1) is 5.52 Å². The molecule has 1 aliphatic rings. The second-order valence-corrected chi connectivity index (χ2v) is 6.33. The minimum absolute atomic E-state index is 0.0863. The van der Waals surface area contributed by atoms with E-state index in [0.29, 0.717) is 38.9 Å². The van der Waals surface area contributed by atoms with Crippen molar-refractivity contribution in [3.05, 3.63) is 30.6 Å². The molecule has 2 aromatic rings. The highest BCUT2D eigenvalue weighted by Gasteiger charge is 2.25. The second kappa shape index (κ2) is 7.92. The summed E-state index contributed by atoms with van der Waals surface area (Å²) in [6, 6.07) is 7.82. The van der Waals surface area contributed by atoms with Crippen molar-refractivity contribution in [1.82, 2.24) is 14.9 Å². The number of amides is 2. The number of anilines is 1. The van der Waals surface area contributed by atoms with Crippen molar-refractivity contribution in [3.8, 4) is 0 Å². The van der Waals surface area contributed by atoms with Crippen LogP contribution >= 0.6 is 0 Å². The molecule has 132 valence electrons. The van der Waals surface area contributed by atoms with Crippen LogP contribution in [0, 0.1) is 5.92 Å². The lowest BCUT2D eigenvalue weighted by Gasteiger charge is -2.30. The van der Waals surface area contributed by atoms with E-state index in [1.807, 2.05) is 29.2 Å². The van der Waals surface area contributed by atoms with E-state index in [2.05, 4.69) is 15.3 Å². The molecule has 0 spiro atoms. The number of nitrogens with zero attached hydrogens (tertiary/aromatic N) is 3. The van der Waals surface area contributed by atoms with E-state index in [1.54, 1.807) is 6.33 Å². The molecule has 1 aliphatic heterocycles. The van der Waals surface area contributed by atoms with E-state index in [4.69, 9.17) is 5.73 Å². The molecule has 7 nitrogen and oxygen atoms in total. The van der Waals surface area contributed by atoms with Crippen LogP contribution in [0.25, 0.3) is 10.9 Å². The number of nitrogens with two attached hydrogens (primary N) is 1. The first-order valence-electron chi connectivity index (χ1n) is 8.66. The third-order valence-corrected chi connectivity index (χ3v) is 4.65. The zero-order chi connectivity index (χ0) is 17.6. The third-order valence-electron chi connectivity index (χ3n) is 4.65. The van der Waals surface area contributed by atoms with Crippen LogP contribution in [0.3, 0.4) is 0 Å². The van der Waals surface area contributed by atoms with Gasteiger partial charge in [-0.25, -0.2) is 9.97 Å². The molecule has 0 aliphatic carbocycles. The zero-order valence-electron chi connectivity index (χ0n) is 14.1. The Balaban J connectivity index is 1.44. The largest absolute Gasteiger partial charge is 0.369 e. The lowest BCUT2D eigenvalue weighted by Crippen LogP contribution is -2.41. The Bertz CT molecular complexity index is 751. The molecular weight excluding hydrogens is 318 g/mol. The number of carbonyl (C=O) groups is 2. The first kappa shape index (κ1) is 17.1. The monoisotopic (exact) mass is 341 g/mol. The predicted octanol–water partition coefficient (Wildman–Crippen LogP) is 1.55. The van der Waals surface area contributed by atoms with Gasteiger partial charge in [0.1, 0.15) is 12.1 Å². The molecule has 3 N–H and O–H groups in total. The minimum atomic E-state index is -0.256. The van der Waals surface area contributed by atoms with Crippen molar-refractivity contribution >= 4 is 28.5 Å². The van der Waals surface area contributed by atoms with Crippen LogP contribution in [0.1, 0.15) is 25.7 Å². The molecule has 2 amide bonds. The lowest BCUT2D eigenvalue weighted by atomic mass is 9.96. The summed E-state index contributed by atoms with van der Waals surface area (Å²) in [4.78, 5) is 33.8. The molecule has 3 rings (SSSR count). The Labute approximate surface area is 146 Å². The molecule has 1 aromatic heterocycles. The molecule has 2 heterocycles. The van der Waals surface area contributed by atoms with Crippen molar-refractivity contribution < 1.29 is 9.59 Å². The van der Waals surface area contributed by atoms with Crippen LogP contribution in [0.2, 0.25) is 0 Å². The smallest absolute Gasteiger partial charge is 0.222 e. The fourth-order valence-electron chi connectivity index (χ4n) is 3.16. The van der Waals surface area contributed by atoms with Gasteiger partial charge in [-0.05, 0) is 31.4 Å². The van der Waals surface area contributed by atoms with Crippen LogP contribution in [0.15, 0.2) is 30.6 Å². The summed E-state index contributed by atoms with van der Waals surface area (Å²) in [5.74, 6) is 0.586. The Kier molecular flexibility index (Phi) is 5.42. The SMILES string of the molecule is NC(=O)C1CCN(C(=O)CCCNc2ncnc3ccccc23)CC1. The Hall–Kier alpha value is -2.70. The van der Waals surface area contributed by atoms with Crippen LogP contribution in [-0.2, 0) is 9.59 Å². The van der Waals surface area contributed by atoms with Crippen molar-refractivity contribution in [2.24, 2.45) is 11.7 Å². The summed E-state index contributed by atoms with van der Waals surface area (Å²) in [7, 11) is 0. The van der Waals surface area contributed by atoms with Gasteiger partial charge in [-0.1, -0.05) is 12.1 Å². The van der Waals surface area contributed by atoms with Gasteiger partial charge in [0.25, 0.3) is 0 Å². The Morgan fingerprint density at radius 2 is 1.96 bits per heavy atom. The fraction of sp³-hybridized carbons (Fsp3) is 0.444. The van der Waals surface area contributed by atoms with Gasteiger partial charge in [0.15, 0.2) is 0 Å². The molecule has 0 unspecified atom stereocenters. The van der Waals surface area contributed by atoms with Crippen LogP contribution in [-0.4, -0.2) is 46.3 Å². The molecule has 0 radical (unpaired) electrons. The number of piperidine rings is 1. The van der Waals surface area contributed by atoms with E-state index in [0.717, 1.165) is 23.1 Å². The standard InChI is InChI=1S/C18H23N5O2/c19-17(25)13-7-10-23(11-8-13)16(24)6-3-9-20-18-14-4-1-2-5-15(14)21-12-22-18/h1-2,4-5,12-13H,3,6-11H2,(H2,19,25)(H,20,21,22). The fourth-order valence-corrected chi connectivity index (χ4v) is 3.16. The number of primary amides is 1. The minimum Gasteiger partial charge on any atom is -0.369 e. The number of nitrogens with one attached hydrogen (secondary N) is 1. The number of likely N-dealkylation sites (tertiary alicyclic amines) is 1.